The first-order valence-electron chi connectivity index (χ1n) is 10.0. The van der Waals surface area contributed by atoms with Crippen molar-refractivity contribution in [1.82, 2.24) is 10.2 Å². The number of nitrogens with zero attached hydrogens (tertiary/aromatic N) is 4. The van der Waals surface area contributed by atoms with Crippen LogP contribution < -0.4 is 15.1 Å². The molecule has 0 saturated carbocycles. The Morgan fingerprint density at radius 1 is 0.969 bits per heavy atom. The Bertz CT molecular complexity index is 1120. The number of amides is 4. The van der Waals surface area contributed by atoms with Crippen molar-refractivity contribution in [3.05, 3.63) is 69.8 Å². The van der Waals surface area contributed by atoms with Crippen LogP contribution in [0.5, 0.6) is 0 Å². The number of benzene rings is 2. The van der Waals surface area contributed by atoms with Gasteiger partial charge in [-0.15, -0.1) is 0 Å². The van der Waals surface area contributed by atoms with Crippen molar-refractivity contribution in [2.24, 2.45) is 0 Å². The van der Waals surface area contributed by atoms with E-state index in [1.807, 2.05) is 30.3 Å². The first-order valence-corrected chi connectivity index (χ1v) is 10.0. The fraction of sp³-hybridized carbons (Fsp3) is 0.227. The summed E-state index contributed by atoms with van der Waals surface area (Å²) in [7, 11) is 1.26. The Labute approximate surface area is 183 Å². The number of nitrogens with one attached hydrogen (secondary N) is 1. The third kappa shape index (κ3) is 4.02. The molecular formula is C22H21N5O5. The Hall–Kier alpha value is -4.21. The molecule has 4 amide bonds. The van der Waals surface area contributed by atoms with E-state index < -0.39 is 22.8 Å². The van der Waals surface area contributed by atoms with Crippen LogP contribution >= 0.6 is 0 Å². The van der Waals surface area contributed by atoms with Crippen LogP contribution in [-0.2, 0) is 9.59 Å². The van der Waals surface area contributed by atoms with Gasteiger partial charge >= 0.3 is 6.03 Å². The summed E-state index contributed by atoms with van der Waals surface area (Å²) in [4.78, 5) is 52.3. The zero-order valence-corrected chi connectivity index (χ0v) is 17.4. The highest BCUT2D eigenvalue weighted by molar-refractivity contribution is 6.31. The number of barbiturate groups is 1. The topological polar surface area (TPSA) is 116 Å². The summed E-state index contributed by atoms with van der Waals surface area (Å²) >= 11 is 0. The van der Waals surface area contributed by atoms with E-state index in [0.29, 0.717) is 24.3 Å². The Kier molecular flexibility index (Phi) is 5.59. The molecule has 2 saturated heterocycles. The average molecular weight is 435 g/mol. The minimum absolute atomic E-state index is 0.156. The van der Waals surface area contributed by atoms with Crippen LogP contribution in [0.3, 0.4) is 0 Å². The number of piperazine rings is 1. The number of imide groups is 2. The molecule has 164 valence electrons. The van der Waals surface area contributed by atoms with E-state index in [9.17, 15) is 24.5 Å². The van der Waals surface area contributed by atoms with Crippen LogP contribution in [0.1, 0.15) is 5.56 Å². The molecule has 0 aliphatic carbocycles. The third-order valence-corrected chi connectivity index (χ3v) is 5.57. The molecule has 2 fully saturated rings. The quantitative estimate of drug-likeness (QED) is 0.338. The largest absolute Gasteiger partial charge is 0.368 e. The highest BCUT2D eigenvalue weighted by Crippen LogP contribution is 2.30. The first kappa shape index (κ1) is 21.0. The lowest BCUT2D eigenvalue weighted by molar-refractivity contribution is -0.384. The molecule has 0 aromatic heterocycles. The van der Waals surface area contributed by atoms with E-state index in [0.717, 1.165) is 23.7 Å². The van der Waals surface area contributed by atoms with Gasteiger partial charge in [0.05, 0.1) is 4.92 Å². The molecule has 2 aliphatic heterocycles. The van der Waals surface area contributed by atoms with Gasteiger partial charge in [-0.3, -0.25) is 29.9 Å². The molecule has 0 bridgehead atoms. The molecule has 0 spiro atoms. The van der Waals surface area contributed by atoms with Crippen LogP contribution in [0.2, 0.25) is 0 Å². The number of carbonyl (C=O) groups excluding carboxylic acids is 3. The van der Waals surface area contributed by atoms with Crippen LogP contribution in [0.4, 0.5) is 21.9 Å². The molecular weight excluding hydrogens is 414 g/mol. The number of rotatable bonds is 4. The van der Waals surface area contributed by atoms with Crippen molar-refractivity contribution < 1.29 is 19.3 Å². The van der Waals surface area contributed by atoms with Crippen LogP contribution in [0.15, 0.2) is 54.1 Å². The predicted octanol–water partition coefficient (Wildman–Crippen LogP) is 2.01. The molecule has 2 aromatic rings. The Morgan fingerprint density at radius 3 is 2.28 bits per heavy atom. The van der Waals surface area contributed by atoms with Gasteiger partial charge in [0.25, 0.3) is 17.5 Å². The second kappa shape index (κ2) is 8.50. The lowest BCUT2D eigenvalue weighted by atomic mass is 10.0. The molecule has 1 N–H and O–H groups in total. The maximum atomic E-state index is 12.5. The molecule has 2 aromatic carbocycles. The van der Waals surface area contributed by atoms with Gasteiger partial charge in [-0.05, 0) is 24.3 Å². The van der Waals surface area contributed by atoms with E-state index >= 15 is 0 Å². The fourth-order valence-corrected chi connectivity index (χ4v) is 3.80. The normalized spacial score (nSPS) is 18.2. The van der Waals surface area contributed by atoms with Gasteiger partial charge in [0.15, 0.2) is 0 Å². The summed E-state index contributed by atoms with van der Waals surface area (Å²) in [6.07, 6.45) is 1.31. The SMILES string of the molecule is CN1C(=O)NC(=O)C(=Cc2cc([N+](=O)[O-])ccc2N2CCN(c3ccccc3)CC2)C1=O. The second-order valence-corrected chi connectivity index (χ2v) is 7.49. The van der Waals surface area contributed by atoms with Gasteiger partial charge in [0, 0.05) is 62.3 Å². The number of nitro groups is 1. The van der Waals surface area contributed by atoms with Crippen molar-refractivity contribution in [3.8, 4) is 0 Å². The molecule has 2 aliphatic rings. The second-order valence-electron chi connectivity index (χ2n) is 7.49. The van der Waals surface area contributed by atoms with Gasteiger partial charge in [-0.25, -0.2) is 4.79 Å². The molecule has 10 nitrogen and oxygen atoms in total. The zero-order chi connectivity index (χ0) is 22.8. The predicted molar refractivity (Wildman–Crippen MR) is 118 cm³/mol. The average Bonchev–Trinajstić information content (AvgIpc) is 2.81. The van der Waals surface area contributed by atoms with E-state index in [-0.39, 0.29) is 11.3 Å². The summed E-state index contributed by atoms with van der Waals surface area (Å²) in [6, 6.07) is 13.6. The maximum Gasteiger partial charge on any atom is 0.331 e. The monoisotopic (exact) mass is 435 g/mol. The van der Waals surface area contributed by atoms with Crippen LogP contribution in [0, 0.1) is 10.1 Å². The summed E-state index contributed by atoms with van der Waals surface area (Å²) < 4.78 is 0. The number of para-hydroxylation sites is 1. The standard InChI is InChI=1S/C22H21N5O5/c1-24-21(29)18(20(28)23-22(24)30)14-15-13-17(27(31)32)7-8-19(15)26-11-9-25(10-12-26)16-5-3-2-4-6-16/h2-8,13-14H,9-12H2,1H3,(H,23,28,30). The molecule has 2 heterocycles. The first-order chi connectivity index (χ1) is 15.3. The van der Waals surface area contributed by atoms with Crippen molar-refractivity contribution in [2.45, 2.75) is 0 Å². The Morgan fingerprint density at radius 2 is 1.62 bits per heavy atom. The number of non-ortho nitro benzene ring substituents is 1. The number of carbonyl (C=O) groups is 3. The van der Waals surface area contributed by atoms with E-state index in [2.05, 4.69) is 15.1 Å². The van der Waals surface area contributed by atoms with Crippen LogP contribution in [-0.4, -0.2) is 60.9 Å². The van der Waals surface area contributed by atoms with Gasteiger partial charge in [0.2, 0.25) is 0 Å². The van der Waals surface area contributed by atoms with E-state index in [1.54, 1.807) is 6.07 Å². The smallest absolute Gasteiger partial charge is 0.331 e. The number of anilines is 2. The number of nitro benzene ring substituents is 1. The molecule has 0 atom stereocenters. The number of urea groups is 1. The summed E-state index contributed by atoms with van der Waals surface area (Å²) in [5.74, 6) is -1.59. The molecule has 0 radical (unpaired) electrons. The number of hydrogen-bond acceptors (Lipinski definition) is 7. The number of likely N-dealkylation sites (N-methyl/N-ethyl adjacent to an activating group) is 1. The molecule has 0 unspecified atom stereocenters. The van der Waals surface area contributed by atoms with Crippen molar-refractivity contribution in [3.63, 3.8) is 0 Å². The summed E-state index contributed by atoms with van der Waals surface area (Å²) in [5, 5.41) is 13.4. The minimum Gasteiger partial charge on any atom is -0.368 e. The van der Waals surface area contributed by atoms with Gasteiger partial charge in [-0.1, -0.05) is 18.2 Å². The van der Waals surface area contributed by atoms with Gasteiger partial charge < -0.3 is 9.80 Å². The van der Waals surface area contributed by atoms with Crippen LogP contribution in [0.25, 0.3) is 6.08 Å². The fourth-order valence-electron chi connectivity index (χ4n) is 3.80. The number of hydrogen-bond donors (Lipinski definition) is 1. The van der Waals surface area contributed by atoms with E-state index in [4.69, 9.17) is 0 Å². The summed E-state index contributed by atoms with van der Waals surface area (Å²) in [5.41, 5.74) is 1.76. The van der Waals surface area contributed by atoms with E-state index in [1.165, 1.54) is 25.3 Å². The van der Waals surface area contributed by atoms with Crippen molar-refractivity contribution >= 4 is 41.0 Å². The molecule has 32 heavy (non-hydrogen) atoms. The third-order valence-electron chi connectivity index (χ3n) is 5.57. The van der Waals surface area contributed by atoms with Gasteiger partial charge in [-0.2, -0.15) is 0 Å². The highest BCUT2D eigenvalue weighted by Gasteiger charge is 2.33. The lowest BCUT2D eigenvalue weighted by Crippen LogP contribution is -2.52. The molecule has 4 rings (SSSR count). The Balaban J connectivity index is 1.65. The maximum absolute atomic E-state index is 12.5. The van der Waals surface area contributed by atoms with Crippen molar-refractivity contribution in [1.29, 1.82) is 0 Å². The summed E-state index contributed by atoms with van der Waals surface area (Å²) in [6.45, 7) is 2.80. The minimum atomic E-state index is -0.829. The molecule has 10 heteroatoms. The van der Waals surface area contributed by atoms with Gasteiger partial charge in [0.1, 0.15) is 5.57 Å². The van der Waals surface area contributed by atoms with Crippen molar-refractivity contribution in [2.75, 3.05) is 43.0 Å². The zero-order valence-electron chi connectivity index (χ0n) is 17.4. The lowest BCUT2D eigenvalue weighted by Gasteiger charge is -2.38. The highest BCUT2D eigenvalue weighted by atomic mass is 16.6.